The quantitative estimate of drug-likeness (QED) is 0.243. The Hall–Kier alpha value is -1.57. The molecule has 0 aliphatic carbocycles. The van der Waals surface area contributed by atoms with E-state index in [1.807, 2.05) is 30.5 Å². The van der Waals surface area contributed by atoms with Crippen molar-refractivity contribution < 1.29 is 9.53 Å². The van der Waals surface area contributed by atoms with Gasteiger partial charge in [0.1, 0.15) is 5.75 Å². The minimum atomic E-state index is -0.287. The summed E-state index contributed by atoms with van der Waals surface area (Å²) in [5.74, 6) is 0.280. The Morgan fingerprint density at radius 3 is 2.59 bits per heavy atom. The second-order valence-corrected chi connectivity index (χ2v) is 8.74. The maximum atomic E-state index is 12.7. The van der Waals surface area contributed by atoms with Crippen LogP contribution in [0.1, 0.15) is 48.5 Å². The number of thiocarbonyl (C=S) groups is 1. The van der Waals surface area contributed by atoms with Crippen molar-refractivity contribution in [3.63, 3.8) is 0 Å². The van der Waals surface area contributed by atoms with E-state index in [4.69, 9.17) is 17.0 Å². The Bertz CT molecular complexity index is 813. The predicted molar refractivity (Wildman–Crippen MR) is 129 cm³/mol. The number of thioether (sulfide) groups is 1. The molecular formula is C22H27BrN2O2S2. The van der Waals surface area contributed by atoms with Crippen LogP contribution in [0.3, 0.4) is 0 Å². The van der Waals surface area contributed by atoms with E-state index in [2.05, 4.69) is 45.6 Å². The molecule has 0 unspecified atom stereocenters. The summed E-state index contributed by atoms with van der Waals surface area (Å²) in [6.07, 6.45) is 6.51. The van der Waals surface area contributed by atoms with E-state index in [1.165, 1.54) is 17.7 Å². The molecule has 0 aromatic heterocycles. The first-order valence-corrected chi connectivity index (χ1v) is 12.1. The fourth-order valence-electron chi connectivity index (χ4n) is 2.66. The number of benzene rings is 2. The molecule has 29 heavy (non-hydrogen) atoms. The summed E-state index contributed by atoms with van der Waals surface area (Å²) >= 11 is 10.4. The third-order valence-electron chi connectivity index (χ3n) is 4.28. The second-order valence-electron chi connectivity index (χ2n) is 6.53. The summed E-state index contributed by atoms with van der Waals surface area (Å²) in [4.78, 5) is 13.9. The molecule has 0 bridgehead atoms. The van der Waals surface area contributed by atoms with Crippen molar-refractivity contribution in [2.75, 3.05) is 12.9 Å². The molecule has 2 aromatic carbocycles. The highest BCUT2D eigenvalue weighted by atomic mass is 79.9. The lowest BCUT2D eigenvalue weighted by Gasteiger charge is -2.14. The summed E-state index contributed by atoms with van der Waals surface area (Å²) in [6.45, 7) is 3.32. The molecule has 0 atom stereocenters. The van der Waals surface area contributed by atoms with Crippen molar-refractivity contribution in [1.29, 1.82) is 0 Å². The second kappa shape index (κ2) is 12.9. The summed E-state index contributed by atoms with van der Waals surface area (Å²) in [5, 5.41) is 6.11. The van der Waals surface area contributed by atoms with Crippen LogP contribution in [0.15, 0.2) is 51.8 Å². The third kappa shape index (κ3) is 8.36. The fraction of sp³-hybridized carbons (Fsp3) is 0.364. The zero-order valence-corrected chi connectivity index (χ0v) is 20.0. The predicted octanol–water partition coefficient (Wildman–Crippen LogP) is 5.93. The Kier molecular flexibility index (Phi) is 10.5. The Morgan fingerprint density at radius 1 is 1.14 bits per heavy atom. The highest BCUT2D eigenvalue weighted by Crippen LogP contribution is 2.23. The van der Waals surface area contributed by atoms with Gasteiger partial charge in [-0.3, -0.25) is 10.1 Å². The van der Waals surface area contributed by atoms with Crippen LogP contribution in [0.25, 0.3) is 0 Å². The van der Waals surface area contributed by atoms with Gasteiger partial charge in [0.25, 0.3) is 5.91 Å². The average Bonchev–Trinajstić information content (AvgIpc) is 2.73. The molecule has 2 rings (SSSR count). The van der Waals surface area contributed by atoms with E-state index in [1.54, 1.807) is 17.8 Å². The lowest BCUT2D eigenvalue weighted by atomic mass is 10.2. The zero-order chi connectivity index (χ0) is 21.1. The average molecular weight is 496 g/mol. The van der Waals surface area contributed by atoms with Gasteiger partial charge in [-0.05, 0) is 60.8 Å². The number of ether oxygens (including phenoxy) is 1. The molecule has 156 valence electrons. The molecule has 0 fully saturated rings. The standard InChI is InChI=1S/C22H27BrN2O2S2/c1-3-4-5-6-13-27-20-12-9-17(23)14-19(20)21(26)25-22(28)24-15-16-7-10-18(29-2)11-8-16/h7-12,14H,3-6,13,15H2,1-2H3,(H2,24,25,26,28). The van der Waals surface area contributed by atoms with E-state index in [-0.39, 0.29) is 11.0 Å². The number of rotatable bonds is 10. The van der Waals surface area contributed by atoms with Gasteiger partial charge in [0, 0.05) is 15.9 Å². The first-order valence-electron chi connectivity index (χ1n) is 9.68. The van der Waals surface area contributed by atoms with Crippen LogP contribution in [-0.2, 0) is 6.54 Å². The number of carbonyl (C=O) groups excluding carboxylic acids is 1. The van der Waals surface area contributed by atoms with E-state index < -0.39 is 0 Å². The highest BCUT2D eigenvalue weighted by molar-refractivity contribution is 9.10. The molecule has 0 saturated heterocycles. The van der Waals surface area contributed by atoms with Crippen molar-refractivity contribution in [3.05, 3.63) is 58.1 Å². The Balaban J connectivity index is 1.90. The topological polar surface area (TPSA) is 50.4 Å². The maximum Gasteiger partial charge on any atom is 0.261 e. The summed E-state index contributed by atoms with van der Waals surface area (Å²) < 4.78 is 6.66. The van der Waals surface area contributed by atoms with Crippen LogP contribution in [0.4, 0.5) is 0 Å². The van der Waals surface area contributed by atoms with Crippen molar-refractivity contribution in [3.8, 4) is 5.75 Å². The minimum absolute atomic E-state index is 0.287. The lowest BCUT2D eigenvalue weighted by molar-refractivity contribution is 0.0972. The summed E-state index contributed by atoms with van der Waals surface area (Å²) in [5.41, 5.74) is 1.56. The SMILES string of the molecule is CCCCCCOc1ccc(Br)cc1C(=O)NC(=S)NCc1ccc(SC)cc1. The van der Waals surface area contributed by atoms with Crippen molar-refractivity contribution in [2.45, 2.75) is 44.0 Å². The normalized spacial score (nSPS) is 10.4. The van der Waals surface area contributed by atoms with E-state index >= 15 is 0 Å². The molecular weight excluding hydrogens is 468 g/mol. The molecule has 0 spiro atoms. The zero-order valence-electron chi connectivity index (χ0n) is 16.8. The van der Waals surface area contributed by atoms with Gasteiger partial charge in [-0.2, -0.15) is 0 Å². The first kappa shape index (κ1) is 23.7. The van der Waals surface area contributed by atoms with Gasteiger partial charge in [0.2, 0.25) is 0 Å². The van der Waals surface area contributed by atoms with E-state index in [0.29, 0.717) is 24.5 Å². The molecule has 2 aromatic rings. The van der Waals surface area contributed by atoms with Crippen LogP contribution in [-0.4, -0.2) is 23.9 Å². The summed E-state index contributed by atoms with van der Waals surface area (Å²) in [7, 11) is 0. The van der Waals surface area contributed by atoms with Crippen LogP contribution < -0.4 is 15.4 Å². The van der Waals surface area contributed by atoms with Gasteiger partial charge in [0.15, 0.2) is 5.11 Å². The van der Waals surface area contributed by atoms with Gasteiger partial charge < -0.3 is 10.1 Å². The largest absolute Gasteiger partial charge is 0.493 e. The Labute approximate surface area is 191 Å². The summed E-state index contributed by atoms with van der Waals surface area (Å²) in [6, 6.07) is 13.6. The van der Waals surface area contributed by atoms with Crippen LogP contribution in [0, 0.1) is 0 Å². The van der Waals surface area contributed by atoms with Crippen molar-refractivity contribution >= 4 is 50.9 Å². The molecule has 0 heterocycles. The van der Waals surface area contributed by atoms with Crippen LogP contribution >= 0.6 is 39.9 Å². The van der Waals surface area contributed by atoms with E-state index in [0.717, 1.165) is 22.9 Å². The number of nitrogens with one attached hydrogen (secondary N) is 2. The Morgan fingerprint density at radius 2 is 1.90 bits per heavy atom. The number of amides is 1. The smallest absolute Gasteiger partial charge is 0.261 e. The number of hydrogen-bond acceptors (Lipinski definition) is 4. The van der Waals surface area contributed by atoms with Crippen molar-refractivity contribution in [1.82, 2.24) is 10.6 Å². The fourth-order valence-corrected chi connectivity index (χ4v) is 3.59. The number of halogens is 1. The number of hydrogen-bond donors (Lipinski definition) is 2. The van der Waals surface area contributed by atoms with Crippen LogP contribution in [0.5, 0.6) is 5.75 Å². The van der Waals surface area contributed by atoms with Gasteiger partial charge >= 0.3 is 0 Å². The molecule has 0 radical (unpaired) electrons. The molecule has 1 amide bonds. The molecule has 2 N–H and O–H groups in total. The monoisotopic (exact) mass is 494 g/mol. The number of unbranched alkanes of at least 4 members (excludes halogenated alkanes) is 3. The molecule has 4 nitrogen and oxygen atoms in total. The lowest BCUT2D eigenvalue weighted by Crippen LogP contribution is -2.39. The van der Waals surface area contributed by atoms with E-state index in [9.17, 15) is 4.79 Å². The first-order chi connectivity index (χ1) is 14.0. The van der Waals surface area contributed by atoms with Gasteiger partial charge in [-0.15, -0.1) is 11.8 Å². The van der Waals surface area contributed by atoms with Gasteiger partial charge in [-0.25, -0.2) is 0 Å². The van der Waals surface area contributed by atoms with Crippen molar-refractivity contribution in [2.24, 2.45) is 0 Å². The molecule has 0 aliphatic rings. The van der Waals surface area contributed by atoms with Crippen LogP contribution in [0.2, 0.25) is 0 Å². The maximum absolute atomic E-state index is 12.7. The van der Waals surface area contributed by atoms with Gasteiger partial charge in [0.05, 0.1) is 12.2 Å². The van der Waals surface area contributed by atoms with Gasteiger partial charge in [-0.1, -0.05) is 54.2 Å². The molecule has 0 saturated carbocycles. The minimum Gasteiger partial charge on any atom is -0.493 e. The third-order valence-corrected chi connectivity index (χ3v) is 5.76. The molecule has 0 aliphatic heterocycles. The number of carbonyl (C=O) groups is 1. The highest BCUT2D eigenvalue weighted by Gasteiger charge is 2.15. The molecule has 7 heteroatoms.